The second-order valence-corrected chi connectivity index (χ2v) is 5.69. The molecule has 0 unspecified atom stereocenters. The van der Waals surface area contributed by atoms with E-state index in [0.717, 1.165) is 23.3 Å². The highest BCUT2D eigenvalue weighted by Gasteiger charge is 2.23. The SMILES string of the molecule is COc1ccc(/C=C(\C#N)C(=O)N2CCc3ccccc3C2)cc1. The summed E-state index contributed by atoms with van der Waals surface area (Å²) in [5, 5.41) is 9.39. The summed E-state index contributed by atoms with van der Waals surface area (Å²) in [6.45, 7) is 1.19. The van der Waals surface area contributed by atoms with Crippen LogP contribution in [-0.4, -0.2) is 24.5 Å². The van der Waals surface area contributed by atoms with Crippen molar-refractivity contribution in [2.45, 2.75) is 13.0 Å². The summed E-state index contributed by atoms with van der Waals surface area (Å²) in [6, 6.07) is 17.4. The average molecular weight is 318 g/mol. The molecular formula is C20H18N2O2. The van der Waals surface area contributed by atoms with E-state index in [1.54, 1.807) is 18.1 Å². The van der Waals surface area contributed by atoms with Crippen LogP contribution in [0, 0.1) is 11.3 Å². The first-order valence-electron chi connectivity index (χ1n) is 7.83. The summed E-state index contributed by atoms with van der Waals surface area (Å²) in [6.07, 6.45) is 2.45. The van der Waals surface area contributed by atoms with E-state index in [2.05, 4.69) is 6.07 Å². The van der Waals surface area contributed by atoms with Crippen molar-refractivity contribution >= 4 is 12.0 Å². The van der Waals surface area contributed by atoms with E-state index in [1.807, 2.05) is 48.5 Å². The summed E-state index contributed by atoms with van der Waals surface area (Å²) < 4.78 is 5.12. The number of hydrogen-bond acceptors (Lipinski definition) is 3. The molecule has 0 fully saturated rings. The predicted octanol–water partition coefficient (Wildman–Crippen LogP) is 3.19. The third-order valence-corrected chi connectivity index (χ3v) is 4.20. The van der Waals surface area contributed by atoms with E-state index in [-0.39, 0.29) is 11.5 Å². The molecule has 0 bridgehead atoms. The summed E-state index contributed by atoms with van der Waals surface area (Å²) >= 11 is 0. The zero-order chi connectivity index (χ0) is 16.9. The number of methoxy groups -OCH3 is 1. The second kappa shape index (κ2) is 7.01. The average Bonchev–Trinajstić information content (AvgIpc) is 2.65. The molecule has 24 heavy (non-hydrogen) atoms. The van der Waals surface area contributed by atoms with Crippen LogP contribution in [0.2, 0.25) is 0 Å². The minimum atomic E-state index is -0.220. The lowest BCUT2D eigenvalue weighted by molar-refractivity contribution is -0.127. The van der Waals surface area contributed by atoms with Gasteiger partial charge in [-0.05, 0) is 41.3 Å². The quantitative estimate of drug-likeness (QED) is 0.645. The molecule has 0 radical (unpaired) electrons. The van der Waals surface area contributed by atoms with Gasteiger partial charge >= 0.3 is 0 Å². The third-order valence-electron chi connectivity index (χ3n) is 4.20. The van der Waals surface area contributed by atoms with Crippen molar-refractivity contribution in [3.05, 3.63) is 70.8 Å². The Morgan fingerprint density at radius 2 is 1.88 bits per heavy atom. The van der Waals surface area contributed by atoms with Gasteiger partial charge in [-0.2, -0.15) is 5.26 Å². The van der Waals surface area contributed by atoms with E-state index in [1.165, 1.54) is 5.56 Å². The van der Waals surface area contributed by atoms with Crippen LogP contribution >= 0.6 is 0 Å². The van der Waals surface area contributed by atoms with Crippen LogP contribution in [0.3, 0.4) is 0 Å². The number of carbonyl (C=O) groups excluding carboxylic acids is 1. The Morgan fingerprint density at radius 1 is 1.17 bits per heavy atom. The molecule has 3 rings (SSSR count). The highest BCUT2D eigenvalue weighted by atomic mass is 16.5. The van der Waals surface area contributed by atoms with Gasteiger partial charge in [0.1, 0.15) is 17.4 Å². The monoisotopic (exact) mass is 318 g/mol. The second-order valence-electron chi connectivity index (χ2n) is 5.69. The molecule has 0 N–H and O–H groups in total. The molecular weight excluding hydrogens is 300 g/mol. The maximum absolute atomic E-state index is 12.7. The van der Waals surface area contributed by atoms with Gasteiger partial charge < -0.3 is 9.64 Å². The fourth-order valence-corrected chi connectivity index (χ4v) is 2.85. The highest BCUT2D eigenvalue weighted by molar-refractivity contribution is 6.01. The molecule has 0 saturated carbocycles. The van der Waals surface area contributed by atoms with Gasteiger partial charge in [0.05, 0.1) is 7.11 Å². The fourth-order valence-electron chi connectivity index (χ4n) is 2.85. The maximum Gasteiger partial charge on any atom is 0.264 e. The van der Waals surface area contributed by atoms with Crippen molar-refractivity contribution in [1.82, 2.24) is 4.90 Å². The van der Waals surface area contributed by atoms with Crippen LogP contribution in [0.15, 0.2) is 54.1 Å². The van der Waals surface area contributed by atoms with E-state index >= 15 is 0 Å². The van der Waals surface area contributed by atoms with Crippen molar-refractivity contribution < 1.29 is 9.53 Å². The van der Waals surface area contributed by atoms with Crippen molar-refractivity contribution in [3.63, 3.8) is 0 Å². The molecule has 0 aliphatic carbocycles. The Bertz CT molecular complexity index is 816. The van der Waals surface area contributed by atoms with Crippen LogP contribution in [-0.2, 0) is 17.8 Å². The Kier molecular flexibility index (Phi) is 4.62. The zero-order valence-corrected chi connectivity index (χ0v) is 13.5. The normalized spacial score (nSPS) is 13.8. The number of carbonyl (C=O) groups is 1. The van der Waals surface area contributed by atoms with Gasteiger partial charge in [-0.3, -0.25) is 4.79 Å². The van der Waals surface area contributed by atoms with E-state index in [4.69, 9.17) is 4.74 Å². The minimum Gasteiger partial charge on any atom is -0.497 e. The number of nitriles is 1. The lowest BCUT2D eigenvalue weighted by atomic mass is 9.99. The minimum absolute atomic E-state index is 0.152. The van der Waals surface area contributed by atoms with Gasteiger partial charge in [0.25, 0.3) is 5.91 Å². The Morgan fingerprint density at radius 3 is 2.54 bits per heavy atom. The lowest BCUT2D eigenvalue weighted by Gasteiger charge is -2.28. The molecule has 0 saturated heterocycles. The first-order valence-corrected chi connectivity index (χ1v) is 7.83. The smallest absolute Gasteiger partial charge is 0.264 e. The van der Waals surface area contributed by atoms with Gasteiger partial charge in [0.2, 0.25) is 0 Å². The van der Waals surface area contributed by atoms with Crippen LogP contribution in [0.1, 0.15) is 16.7 Å². The molecule has 0 aromatic heterocycles. The highest BCUT2D eigenvalue weighted by Crippen LogP contribution is 2.21. The van der Waals surface area contributed by atoms with Gasteiger partial charge in [-0.15, -0.1) is 0 Å². The molecule has 0 atom stereocenters. The first-order chi connectivity index (χ1) is 11.7. The maximum atomic E-state index is 12.7. The molecule has 1 aliphatic rings. The number of amides is 1. The molecule has 1 aliphatic heterocycles. The number of ether oxygens (including phenoxy) is 1. The van der Waals surface area contributed by atoms with Crippen LogP contribution < -0.4 is 4.74 Å². The summed E-state index contributed by atoms with van der Waals surface area (Å²) in [4.78, 5) is 14.4. The largest absolute Gasteiger partial charge is 0.497 e. The van der Waals surface area contributed by atoms with Crippen LogP contribution in [0.5, 0.6) is 5.75 Å². The van der Waals surface area contributed by atoms with Crippen molar-refractivity contribution in [2.24, 2.45) is 0 Å². The predicted molar refractivity (Wildman–Crippen MR) is 92.1 cm³/mol. The number of fused-ring (bicyclic) bond motifs is 1. The van der Waals surface area contributed by atoms with Crippen molar-refractivity contribution in [1.29, 1.82) is 5.26 Å². The molecule has 2 aromatic carbocycles. The Balaban J connectivity index is 1.79. The number of nitrogens with zero attached hydrogens (tertiary/aromatic N) is 2. The topological polar surface area (TPSA) is 53.3 Å². The molecule has 1 heterocycles. The van der Waals surface area contributed by atoms with E-state index in [0.29, 0.717) is 13.1 Å². The number of rotatable bonds is 3. The van der Waals surface area contributed by atoms with Crippen LogP contribution in [0.4, 0.5) is 0 Å². The van der Waals surface area contributed by atoms with E-state index < -0.39 is 0 Å². The fraction of sp³-hybridized carbons (Fsp3) is 0.200. The zero-order valence-electron chi connectivity index (χ0n) is 13.5. The molecule has 4 heteroatoms. The summed E-state index contributed by atoms with van der Waals surface area (Å²) in [7, 11) is 1.60. The first kappa shape index (κ1) is 15.8. The van der Waals surface area contributed by atoms with Crippen LogP contribution in [0.25, 0.3) is 6.08 Å². The van der Waals surface area contributed by atoms with Crippen molar-refractivity contribution in [2.75, 3.05) is 13.7 Å². The molecule has 0 spiro atoms. The van der Waals surface area contributed by atoms with Gasteiger partial charge in [-0.25, -0.2) is 0 Å². The van der Waals surface area contributed by atoms with E-state index in [9.17, 15) is 10.1 Å². The standard InChI is InChI=1S/C20H18N2O2/c1-24-19-8-6-15(7-9-19)12-18(13-21)20(23)22-11-10-16-4-2-3-5-17(16)14-22/h2-9,12H,10-11,14H2,1H3/b18-12+. The number of benzene rings is 2. The van der Waals surface area contributed by atoms with Gasteiger partial charge in [-0.1, -0.05) is 36.4 Å². The Labute approximate surface area is 141 Å². The molecule has 2 aromatic rings. The van der Waals surface area contributed by atoms with Crippen molar-refractivity contribution in [3.8, 4) is 11.8 Å². The summed E-state index contributed by atoms with van der Waals surface area (Å²) in [5.41, 5.74) is 3.38. The Hall–Kier alpha value is -3.06. The molecule has 1 amide bonds. The third kappa shape index (κ3) is 3.31. The van der Waals surface area contributed by atoms with Gasteiger partial charge in [0, 0.05) is 13.1 Å². The molecule has 120 valence electrons. The number of hydrogen-bond donors (Lipinski definition) is 0. The molecule has 4 nitrogen and oxygen atoms in total. The summed E-state index contributed by atoms with van der Waals surface area (Å²) in [5.74, 6) is 0.521. The van der Waals surface area contributed by atoms with Gasteiger partial charge in [0.15, 0.2) is 0 Å². The lowest BCUT2D eigenvalue weighted by Crippen LogP contribution is -2.36.